The minimum Gasteiger partial charge on any atom is -0.335 e. The molecule has 28 heavy (non-hydrogen) atoms. The zero-order chi connectivity index (χ0) is 19.1. The molecule has 1 saturated heterocycles. The molecule has 0 radical (unpaired) electrons. The van der Waals surface area contributed by atoms with Crippen molar-refractivity contribution in [2.75, 3.05) is 19.6 Å². The van der Waals surface area contributed by atoms with Crippen molar-refractivity contribution in [3.8, 4) is 0 Å². The van der Waals surface area contributed by atoms with E-state index in [1.165, 1.54) is 5.56 Å². The summed E-state index contributed by atoms with van der Waals surface area (Å²) in [7, 11) is 0. The number of hydrogen-bond acceptors (Lipinski definition) is 3. The number of nitrogens with one attached hydrogen (secondary N) is 2. The standard InChI is InChI=1S/C22H20N4O2/c27-21-17-8-4-5-9-19(17)26-13-16(12-20(26)24-21)22(28)25-11-10-23-18(14-25)15-6-2-1-3-7-15/h1-9,12-13,18,23H,10-11,14H2,(H,24,27). The van der Waals surface area contributed by atoms with Crippen molar-refractivity contribution in [2.45, 2.75) is 6.04 Å². The number of para-hydroxylation sites is 1. The van der Waals surface area contributed by atoms with Crippen molar-refractivity contribution < 1.29 is 4.79 Å². The lowest BCUT2D eigenvalue weighted by molar-refractivity contribution is 0.0703. The molecule has 140 valence electrons. The number of rotatable bonds is 2. The summed E-state index contributed by atoms with van der Waals surface area (Å²) in [5.74, 6) is -0.0175. The smallest absolute Gasteiger partial charge is 0.258 e. The van der Waals surface area contributed by atoms with Crippen molar-refractivity contribution in [1.82, 2.24) is 19.6 Å². The first-order valence-electron chi connectivity index (χ1n) is 9.41. The molecule has 2 aromatic heterocycles. The molecule has 0 aliphatic carbocycles. The fraction of sp³-hybridized carbons (Fsp3) is 0.182. The zero-order valence-electron chi connectivity index (χ0n) is 15.3. The topological polar surface area (TPSA) is 69.6 Å². The molecular weight excluding hydrogens is 352 g/mol. The number of aromatic nitrogens is 2. The van der Waals surface area contributed by atoms with E-state index in [2.05, 4.69) is 22.4 Å². The van der Waals surface area contributed by atoms with Gasteiger partial charge >= 0.3 is 0 Å². The van der Waals surface area contributed by atoms with Gasteiger partial charge in [0.25, 0.3) is 11.5 Å². The van der Waals surface area contributed by atoms with Crippen molar-refractivity contribution in [1.29, 1.82) is 0 Å². The van der Waals surface area contributed by atoms with E-state index in [9.17, 15) is 9.59 Å². The third-order valence-corrected chi connectivity index (χ3v) is 5.38. The minimum atomic E-state index is -0.147. The first-order valence-corrected chi connectivity index (χ1v) is 9.41. The summed E-state index contributed by atoms with van der Waals surface area (Å²) in [4.78, 5) is 30.2. The molecule has 6 heteroatoms. The first-order chi connectivity index (χ1) is 13.7. The van der Waals surface area contributed by atoms with Crippen LogP contribution in [-0.2, 0) is 0 Å². The van der Waals surface area contributed by atoms with Crippen LogP contribution in [-0.4, -0.2) is 39.8 Å². The monoisotopic (exact) mass is 372 g/mol. The number of piperazine rings is 1. The molecule has 5 rings (SSSR count). The Morgan fingerprint density at radius 1 is 1.04 bits per heavy atom. The lowest BCUT2D eigenvalue weighted by Crippen LogP contribution is -2.48. The highest BCUT2D eigenvalue weighted by atomic mass is 16.2. The summed E-state index contributed by atoms with van der Waals surface area (Å²) < 4.78 is 1.88. The Hall–Kier alpha value is -3.38. The van der Waals surface area contributed by atoms with Crippen molar-refractivity contribution in [3.05, 3.63) is 88.3 Å². The summed E-state index contributed by atoms with van der Waals surface area (Å²) in [6.07, 6.45) is 1.81. The van der Waals surface area contributed by atoms with E-state index >= 15 is 0 Å². The average Bonchev–Trinajstić information content (AvgIpc) is 3.18. The SMILES string of the molecule is O=C(c1cc2[nH]c(=O)c3ccccc3n2c1)N1CCNC(c2ccccc2)C1. The molecule has 0 spiro atoms. The highest BCUT2D eigenvalue weighted by molar-refractivity contribution is 5.96. The highest BCUT2D eigenvalue weighted by Crippen LogP contribution is 2.20. The van der Waals surface area contributed by atoms with Gasteiger partial charge in [0.15, 0.2) is 0 Å². The number of carbonyl (C=O) groups is 1. The Kier molecular flexibility index (Phi) is 3.98. The zero-order valence-corrected chi connectivity index (χ0v) is 15.3. The second kappa shape index (κ2) is 6.65. The van der Waals surface area contributed by atoms with Crippen molar-refractivity contribution in [3.63, 3.8) is 0 Å². The Morgan fingerprint density at radius 2 is 1.82 bits per heavy atom. The number of H-pyrrole nitrogens is 1. The van der Waals surface area contributed by atoms with Gasteiger partial charge < -0.3 is 19.6 Å². The van der Waals surface area contributed by atoms with Gasteiger partial charge in [-0.15, -0.1) is 0 Å². The molecule has 3 heterocycles. The molecule has 1 amide bonds. The maximum atomic E-state index is 13.2. The van der Waals surface area contributed by atoms with E-state index in [1.807, 2.05) is 51.9 Å². The van der Waals surface area contributed by atoms with Gasteiger partial charge in [-0.2, -0.15) is 0 Å². The molecule has 1 atom stereocenters. The van der Waals surface area contributed by atoms with E-state index in [4.69, 9.17) is 0 Å². The molecule has 6 nitrogen and oxygen atoms in total. The number of fused-ring (bicyclic) bond motifs is 3. The van der Waals surface area contributed by atoms with E-state index in [-0.39, 0.29) is 17.5 Å². The second-order valence-electron chi connectivity index (χ2n) is 7.12. The van der Waals surface area contributed by atoms with Gasteiger partial charge in [-0.05, 0) is 23.8 Å². The summed E-state index contributed by atoms with van der Waals surface area (Å²) in [5.41, 5.74) is 3.04. The molecule has 1 aliphatic heterocycles. The van der Waals surface area contributed by atoms with Gasteiger partial charge in [-0.3, -0.25) is 9.59 Å². The maximum Gasteiger partial charge on any atom is 0.258 e. The average molecular weight is 372 g/mol. The van der Waals surface area contributed by atoms with E-state index < -0.39 is 0 Å². The summed E-state index contributed by atoms with van der Waals surface area (Å²) in [6.45, 7) is 2.02. The van der Waals surface area contributed by atoms with Gasteiger partial charge in [0.05, 0.1) is 16.5 Å². The molecule has 2 N–H and O–H groups in total. The molecule has 1 aliphatic rings. The third kappa shape index (κ3) is 2.78. The van der Waals surface area contributed by atoms with Crippen LogP contribution in [0.3, 0.4) is 0 Å². The predicted octanol–water partition coefficient (Wildman–Crippen LogP) is 2.57. The number of hydrogen-bond donors (Lipinski definition) is 2. The Bertz CT molecular complexity index is 1230. The van der Waals surface area contributed by atoms with E-state index in [0.29, 0.717) is 29.7 Å². The van der Waals surface area contributed by atoms with Crippen LogP contribution < -0.4 is 10.9 Å². The van der Waals surface area contributed by atoms with Gasteiger partial charge in [0, 0.05) is 31.9 Å². The fourth-order valence-electron chi connectivity index (χ4n) is 3.96. The molecule has 0 saturated carbocycles. The summed E-state index contributed by atoms with van der Waals surface area (Å²) in [5, 5.41) is 4.09. The van der Waals surface area contributed by atoms with E-state index in [0.717, 1.165) is 12.1 Å². The molecule has 2 aromatic carbocycles. The highest BCUT2D eigenvalue weighted by Gasteiger charge is 2.26. The first kappa shape index (κ1) is 16.8. The van der Waals surface area contributed by atoms with Crippen LogP contribution in [0.25, 0.3) is 16.6 Å². The van der Waals surface area contributed by atoms with Gasteiger partial charge in [0.1, 0.15) is 5.65 Å². The summed E-state index contributed by atoms with van der Waals surface area (Å²) >= 11 is 0. The van der Waals surface area contributed by atoms with Crippen molar-refractivity contribution in [2.24, 2.45) is 0 Å². The van der Waals surface area contributed by atoms with Gasteiger partial charge in [-0.25, -0.2) is 0 Å². The number of nitrogens with zero attached hydrogens (tertiary/aromatic N) is 2. The van der Waals surface area contributed by atoms with Crippen LogP contribution in [0, 0.1) is 0 Å². The van der Waals surface area contributed by atoms with Crippen molar-refractivity contribution >= 4 is 22.5 Å². The third-order valence-electron chi connectivity index (χ3n) is 5.38. The van der Waals surface area contributed by atoms with Crippen LogP contribution in [0.2, 0.25) is 0 Å². The van der Waals surface area contributed by atoms with Crippen LogP contribution in [0.5, 0.6) is 0 Å². The Labute approximate surface area is 161 Å². The predicted molar refractivity (Wildman–Crippen MR) is 109 cm³/mol. The molecular formula is C22H20N4O2. The quantitative estimate of drug-likeness (QED) is 0.568. The maximum absolute atomic E-state index is 13.2. The number of carbonyl (C=O) groups excluding carboxylic acids is 1. The lowest BCUT2D eigenvalue weighted by Gasteiger charge is -2.33. The molecule has 1 unspecified atom stereocenters. The Morgan fingerprint density at radius 3 is 2.68 bits per heavy atom. The second-order valence-corrected chi connectivity index (χ2v) is 7.12. The molecule has 4 aromatic rings. The molecule has 0 bridgehead atoms. The number of aromatic amines is 1. The number of amides is 1. The summed E-state index contributed by atoms with van der Waals surface area (Å²) in [6, 6.07) is 19.5. The normalized spacial score (nSPS) is 17.3. The van der Waals surface area contributed by atoms with Crippen LogP contribution in [0.4, 0.5) is 0 Å². The van der Waals surface area contributed by atoms with Crippen LogP contribution in [0.15, 0.2) is 71.7 Å². The molecule has 1 fully saturated rings. The van der Waals surface area contributed by atoms with Crippen LogP contribution in [0.1, 0.15) is 22.0 Å². The lowest BCUT2D eigenvalue weighted by atomic mass is 10.0. The van der Waals surface area contributed by atoms with Crippen LogP contribution >= 0.6 is 0 Å². The number of benzene rings is 2. The Balaban J connectivity index is 1.49. The van der Waals surface area contributed by atoms with E-state index in [1.54, 1.807) is 12.1 Å². The van der Waals surface area contributed by atoms with Gasteiger partial charge in [-0.1, -0.05) is 42.5 Å². The van der Waals surface area contributed by atoms with Gasteiger partial charge in [0.2, 0.25) is 0 Å². The minimum absolute atomic E-state index is 0.0175. The largest absolute Gasteiger partial charge is 0.335 e. The fourth-order valence-corrected chi connectivity index (χ4v) is 3.96.